The zero-order chi connectivity index (χ0) is 14.6. The summed E-state index contributed by atoms with van der Waals surface area (Å²) in [4.78, 5) is 12.0. The third-order valence-corrected chi connectivity index (χ3v) is 4.91. The summed E-state index contributed by atoms with van der Waals surface area (Å²) in [5, 5.41) is -1.35. The van der Waals surface area contributed by atoms with Crippen LogP contribution in [0.5, 0.6) is 0 Å². The zero-order valence-corrected chi connectivity index (χ0v) is 11.7. The number of hydrogen-bond acceptors (Lipinski definition) is 4. The van der Waals surface area contributed by atoms with E-state index in [-0.39, 0.29) is 4.90 Å². The molecule has 0 aromatic heterocycles. The van der Waals surface area contributed by atoms with Gasteiger partial charge in [0, 0.05) is 0 Å². The van der Waals surface area contributed by atoms with E-state index in [2.05, 4.69) is 4.74 Å². The summed E-state index contributed by atoms with van der Waals surface area (Å²) >= 11 is 0. The average Bonchev–Trinajstić information content (AvgIpc) is 2.49. The second-order valence-corrected chi connectivity index (χ2v) is 6.20. The number of hydrogen-bond donors (Lipinski definition) is 0. The van der Waals surface area contributed by atoms with Crippen molar-refractivity contribution in [3.63, 3.8) is 0 Å². The minimum Gasteiger partial charge on any atom is -0.468 e. The van der Waals surface area contributed by atoms with Crippen LogP contribution in [0.25, 0.3) is 0 Å². The van der Waals surface area contributed by atoms with E-state index in [9.17, 15) is 13.2 Å². The third-order valence-electron chi connectivity index (χ3n) is 2.90. The summed E-state index contributed by atoms with van der Waals surface area (Å²) in [5.41, 5.74) is 0.392. The molecule has 0 bridgehead atoms. The van der Waals surface area contributed by atoms with Crippen LogP contribution >= 0.6 is 0 Å². The second-order valence-electron chi connectivity index (χ2n) is 4.17. The van der Waals surface area contributed by atoms with E-state index in [0.29, 0.717) is 5.56 Å². The van der Waals surface area contributed by atoms with Gasteiger partial charge >= 0.3 is 5.97 Å². The van der Waals surface area contributed by atoms with Gasteiger partial charge in [-0.2, -0.15) is 0 Å². The van der Waals surface area contributed by atoms with Gasteiger partial charge in [-0.05, 0) is 17.7 Å². The number of ether oxygens (including phenoxy) is 1. The topological polar surface area (TPSA) is 60.4 Å². The molecular weight excluding hydrogens is 276 g/mol. The number of sulfone groups is 1. The van der Waals surface area contributed by atoms with Crippen LogP contribution in [0.2, 0.25) is 0 Å². The Bertz CT molecular complexity index is 678. The van der Waals surface area contributed by atoms with Gasteiger partial charge in [0.15, 0.2) is 15.1 Å². The van der Waals surface area contributed by atoms with E-state index in [4.69, 9.17) is 0 Å². The van der Waals surface area contributed by atoms with E-state index in [0.717, 1.165) is 0 Å². The van der Waals surface area contributed by atoms with Crippen LogP contribution in [0, 0.1) is 0 Å². The van der Waals surface area contributed by atoms with Crippen LogP contribution < -0.4 is 0 Å². The van der Waals surface area contributed by atoms with Crippen molar-refractivity contribution in [1.29, 1.82) is 0 Å². The van der Waals surface area contributed by atoms with E-state index in [1.807, 2.05) is 0 Å². The molecule has 2 aromatic rings. The molecule has 0 heterocycles. The molecule has 104 valence electrons. The summed E-state index contributed by atoms with van der Waals surface area (Å²) in [7, 11) is -2.66. The molecule has 2 rings (SSSR count). The Morgan fingerprint density at radius 2 is 1.45 bits per heavy atom. The Labute approximate surface area is 117 Å². The van der Waals surface area contributed by atoms with Gasteiger partial charge in [0.05, 0.1) is 12.0 Å². The van der Waals surface area contributed by atoms with Gasteiger partial charge in [-0.1, -0.05) is 48.5 Å². The van der Waals surface area contributed by atoms with Crippen LogP contribution in [0.15, 0.2) is 65.6 Å². The SMILES string of the molecule is COC(=O)[C@H](c1ccccc1)S(=O)(=O)c1ccccc1. The standard InChI is InChI=1S/C15H14O4S/c1-19-15(16)14(12-8-4-2-5-9-12)20(17,18)13-10-6-3-7-11-13/h2-11,14H,1H3/t14-/m0/s1. The van der Waals surface area contributed by atoms with E-state index >= 15 is 0 Å². The van der Waals surface area contributed by atoms with Crippen molar-refractivity contribution in [1.82, 2.24) is 0 Å². The Balaban J connectivity index is 2.56. The van der Waals surface area contributed by atoms with Crippen molar-refractivity contribution in [2.45, 2.75) is 10.1 Å². The van der Waals surface area contributed by atoms with Crippen LogP contribution in [0.1, 0.15) is 10.8 Å². The van der Waals surface area contributed by atoms with E-state index in [1.165, 1.54) is 19.2 Å². The van der Waals surface area contributed by atoms with Gasteiger partial charge in [0.25, 0.3) is 0 Å². The molecule has 0 fully saturated rings. The minimum absolute atomic E-state index is 0.0965. The van der Waals surface area contributed by atoms with Crippen molar-refractivity contribution in [2.75, 3.05) is 7.11 Å². The lowest BCUT2D eigenvalue weighted by atomic mass is 10.1. The monoisotopic (exact) mass is 290 g/mol. The molecule has 1 atom stereocenters. The highest BCUT2D eigenvalue weighted by atomic mass is 32.2. The highest BCUT2D eigenvalue weighted by Gasteiger charge is 2.36. The van der Waals surface area contributed by atoms with Gasteiger partial charge in [-0.3, -0.25) is 4.79 Å². The predicted octanol–water partition coefficient (Wildman–Crippen LogP) is 2.37. The van der Waals surface area contributed by atoms with Gasteiger partial charge in [0.1, 0.15) is 0 Å². The first kappa shape index (κ1) is 14.3. The fraction of sp³-hybridized carbons (Fsp3) is 0.133. The maximum atomic E-state index is 12.6. The molecule has 0 aliphatic heterocycles. The van der Waals surface area contributed by atoms with Gasteiger partial charge < -0.3 is 4.74 Å². The van der Waals surface area contributed by atoms with E-state index in [1.54, 1.807) is 48.5 Å². The molecule has 0 amide bonds. The Kier molecular flexibility index (Phi) is 4.20. The van der Waals surface area contributed by atoms with Crippen molar-refractivity contribution in [3.8, 4) is 0 Å². The first-order valence-electron chi connectivity index (χ1n) is 5.99. The summed E-state index contributed by atoms with van der Waals surface area (Å²) in [5.74, 6) is -0.792. The fourth-order valence-corrected chi connectivity index (χ4v) is 3.60. The summed E-state index contributed by atoms with van der Waals surface area (Å²) in [6.45, 7) is 0. The van der Waals surface area contributed by atoms with Crippen LogP contribution in [-0.4, -0.2) is 21.5 Å². The van der Waals surface area contributed by atoms with E-state index < -0.39 is 21.1 Å². The number of methoxy groups -OCH3 is 1. The molecule has 4 nitrogen and oxygen atoms in total. The van der Waals surface area contributed by atoms with Gasteiger partial charge in [-0.15, -0.1) is 0 Å². The molecule has 0 aliphatic rings. The molecule has 0 radical (unpaired) electrons. The lowest BCUT2D eigenvalue weighted by molar-refractivity contribution is -0.140. The molecule has 0 saturated heterocycles. The molecule has 0 aliphatic carbocycles. The molecule has 0 unspecified atom stereocenters. The first-order chi connectivity index (χ1) is 9.57. The summed E-state index contributed by atoms with van der Waals surface area (Å²) in [6.07, 6.45) is 0. The molecule has 20 heavy (non-hydrogen) atoms. The van der Waals surface area contributed by atoms with Crippen molar-refractivity contribution in [3.05, 3.63) is 66.2 Å². The summed E-state index contributed by atoms with van der Waals surface area (Å²) in [6, 6.07) is 16.2. The number of carbonyl (C=O) groups excluding carboxylic acids is 1. The fourth-order valence-electron chi connectivity index (χ4n) is 1.92. The predicted molar refractivity (Wildman–Crippen MR) is 74.8 cm³/mol. The number of carbonyl (C=O) groups is 1. The quantitative estimate of drug-likeness (QED) is 0.811. The lowest BCUT2D eigenvalue weighted by Crippen LogP contribution is -2.23. The molecule has 0 N–H and O–H groups in total. The number of rotatable bonds is 4. The summed E-state index contributed by atoms with van der Waals surface area (Å²) < 4.78 is 29.9. The van der Waals surface area contributed by atoms with Crippen LogP contribution in [0.4, 0.5) is 0 Å². The van der Waals surface area contributed by atoms with Crippen LogP contribution in [0.3, 0.4) is 0 Å². The first-order valence-corrected chi connectivity index (χ1v) is 7.53. The Morgan fingerprint density at radius 3 is 1.95 bits per heavy atom. The van der Waals surface area contributed by atoms with Gasteiger partial charge in [0.2, 0.25) is 0 Å². The average molecular weight is 290 g/mol. The molecule has 0 spiro atoms. The highest BCUT2D eigenvalue weighted by molar-refractivity contribution is 7.92. The minimum atomic E-state index is -3.84. The number of esters is 1. The zero-order valence-electron chi connectivity index (χ0n) is 10.9. The van der Waals surface area contributed by atoms with Crippen molar-refractivity contribution < 1.29 is 17.9 Å². The Hall–Kier alpha value is -2.14. The normalized spacial score (nSPS) is 12.7. The van der Waals surface area contributed by atoms with Gasteiger partial charge in [-0.25, -0.2) is 8.42 Å². The lowest BCUT2D eigenvalue weighted by Gasteiger charge is -2.15. The maximum Gasteiger partial charge on any atom is 0.329 e. The molecule has 0 saturated carbocycles. The highest BCUT2D eigenvalue weighted by Crippen LogP contribution is 2.29. The van der Waals surface area contributed by atoms with Crippen LogP contribution in [-0.2, 0) is 19.4 Å². The second kappa shape index (κ2) is 5.88. The largest absolute Gasteiger partial charge is 0.468 e. The van der Waals surface area contributed by atoms with Crippen molar-refractivity contribution in [2.24, 2.45) is 0 Å². The smallest absolute Gasteiger partial charge is 0.329 e. The Morgan fingerprint density at radius 1 is 0.950 bits per heavy atom. The number of benzene rings is 2. The third kappa shape index (κ3) is 2.72. The molecular formula is C15H14O4S. The molecule has 2 aromatic carbocycles. The maximum absolute atomic E-state index is 12.6. The molecule has 5 heteroatoms. The van der Waals surface area contributed by atoms with Crippen molar-refractivity contribution >= 4 is 15.8 Å².